The number of ether oxygens (including phenoxy) is 2. The Morgan fingerprint density at radius 2 is 1.33 bits per heavy atom. The Morgan fingerprint density at radius 3 is 1.97 bits per heavy atom. The van der Waals surface area contributed by atoms with Crippen LogP contribution in [0.1, 0.15) is 189 Å². The number of piperidine rings is 1. The number of nitrogens with one attached hydrogen (secondary N) is 8. The van der Waals surface area contributed by atoms with E-state index in [4.69, 9.17) is 19.6 Å². The van der Waals surface area contributed by atoms with Crippen LogP contribution in [0, 0.1) is 29.6 Å². The molecule has 1 fully saturated rings. The second-order valence-electron chi connectivity index (χ2n) is 29.2. The standard InChI is InChI=1S/C78H115N11O23S3/c1-9-30-111-45-89(74(104)56(47(5)10-2)39-64(92)61-17-12-14-29-88(61)8)62(46(3)4)34-49(7)73-86-59(43-113-73)72(103)83-54(35-50-23-25-55(90)26-24-50)33-48(6)70(101)81-42-69(100)112-31-32-114-115-44-60(76(107)108)85-71(102)53(38-67(96)97)37-63(91)58(40-68(98)99)84-65(93)36-51-19-21-52(22-20-51)41-82-77(109)79-27-13-11-16-57(75(105)106)87-78(110)80-28-15-18-66(94)95/h19-26,43,46-49,53-54,56-58,60-62,90H,9-18,27-42,44-45H2,1-8H3,(H,81,101)(H,83,103)(H,84,93)(H,85,102)(H,94,95)(H,96,97)(H,98,99)(H,105,106)(H,107,108)(H2,79,82,109)(H2,80,87,110)/t47?,48-,49+,53-,54+,56-,57-,58-,60?,61+,62+/m0/s1. The van der Waals surface area contributed by atoms with Crippen molar-refractivity contribution in [1.82, 2.24) is 57.3 Å². The summed E-state index contributed by atoms with van der Waals surface area (Å²) in [6.07, 6.45) is 2.76. The van der Waals surface area contributed by atoms with Gasteiger partial charge in [0.25, 0.3) is 5.91 Å². The Balaban J connectivity index is 1.25. The molecule has 115 heavy (non-hydrogen) atoms. The highest BCUT2D eigenvalue weighted by Crippen LogP contribution is 2.33. The molecule has 4 rings (SSSR count). The van der Waals surface area contributed by atoms with Crippen molar-refractivity contribution in [2.75, 3.05) is 64.7 Å². The molecule has 34 nitrogen and oxygen atoms in total. The Kier molecular flexibility index (Phi) is 44.4. The van der Waals surface area contributed by atoms with Crippen LogP contribution < -0.4 is 42.5 Å². The number of carbonyl (C=O) groups is 15. The minimum atomic E-state index is -1.74. The lowest BCUT2D eigenvalue weighted by molar-refractivity contribution is -0.151. The van der Waals surface area contributed by atoms with Crippen LogP contribution in [-0.2, 0) is 86.4 Å². The number of thiazole rings is 1. The van der Waals surface area contributed by atoms with Crippen LogP contribution in [0.3, 0.4) is 0 Å². The minimum absolute atomic E-state index is 0.0154. The molecule has 11 atom stereocenters. The van der Waals surface area contributed by atoms with Crippen LogP contribution in [-0.4, -0.2) is 235 Å². The maximum Gasteiger partial charge on any atom is 0.327 e. The Morgan fingerprint density at radius 1 is 0.670 bits per heavy atom. The number of ketones is 2. The van der Waals surface area contributed by atoms with Crippen molar-refractivity contribution in [3.05, 3.63) is 81.3 Å². The van der Waals surface area contributed by atoms with Crippen LogP contribution in [0.4, 0.5) is 9.59 Å². The van der Waals surface area contributed by atoms with Gasteiger partial charge >= 0.3 is 47.9 Å². The van der Waals surface area contributed by atoms with Crippen molar-refractivity contribution in [1.29, 1.82) is 0 Å². The number of aliphatic carboxylic acids is 5. The number of likely N-dealkylation sites (tertiary alicyclic amines) is 1. The Hall–Kier alpha value is -9.46. The number of phenols is 1. The quantitative estimate of drug-likeness (QED) is 0.0124. The summed E-state index contributed by atoms with van der Waals surface area (Å²) in [5, 5.41) is 80.0. The van der Waals surface area contributed by atoms with Gasteiger partial charge in [-0.05, 0) is 118 Å². The van der Waals surface area contributed by atoms with Crippen molar-refractivity contribution >= 4 is 122 Å². The van der Waals surface area contributed by atoms with E-state index in [2.05, 4.69) is 61.3 Å². The number of benzene rings is 2. The fourth-order valence-electron chi connectivity index (χ4n) is 12.8. The molecule has 2 aromatic carbocycles. The van der Waals surface area contributed by atoms with Gasteiger partial charge in [-0.15, -0.1) is 11.3 Å². The van der Waals surface area contributed by atoms with Crippen molar-refractivity contribution in [2.24, 2.45) is 29.6 Å². The third kappa shape index (κ3) is 37.4. The van der Waals surface area contributed by atoms with Crippen LogP contribution in [0.15, 0.2) is 53.9 Å². The zero-order valence-electron chi connectivity index (χ0n) is 66.6. The zero-order valence-corrected chi connectivity index (χ0v) is 69.1. The molecule has 1 saturated heterocycles. The summed E-state index contributed by atoms with van der Waals surface area (Å²) < 4.78 is 11.4. The number of amides is 9. The molecule has 0 spiro atoms. The maximum atomic E-state index is 14.9. The molecule has 0 radical (unpaired) electrons. The number of nitrogens with zero attached hydrogens (tertiary/aromatic N) is 3. The molecule has 9 amide bonds. The molecule has 1 aliphatic rings. The van der Waals surface area contributed by atoms with Gasteiger partial charge in [-0.2, -0.15) is 0 Å². The van der Waals surface area contributed by atoms with Crippen LogP contribution in [0.5, 0.6) is 5.75 Å². The van der Waals surface area contributed by atoms with Gasteiger partial charge in [-0.3, -0.25) is 57.6 Å². The second-order valence-corrected chi connectivity index (χ2v) is 32.7. The lowest BCUT2D eigenvalue weighted by Crippen LogP contribution is -2.50. The highest BCUT2D eigenvalue weighted by atomic mass is 33.1. The van der Waals surface area contributed by atoms with E-state index in [0.29, 0.717) is 48.4 Å². The van der Waals surface area contributed by atoms with Crippen LogP contribution in [0.2, 0.25) is 0 Å². The number of rotatable bonds is 56. The number of aromatic nitrogens is 1. The van der Waals surface area contributed by atoms with E-state index >= 15 is 0 Å². The number of carbonyl (C=O) groups excluding carboxylic acids is 10. The molecule has 0 aliphatic carbocycles. The zero-order chi connectivity index (χ0) is 85.3. The smallest absolute Gasteiger partial charge is 0.327 e. The van der Waals surface area contributed by atoms with Crippen molar-refractivity contribution < 1.29 is 112 Å². The van der Waals surface area contributed by atoms with Gasteiger partial charge in [0.05, 0.1) is 42.3 Å². The highest BCUT2D eigenvalue weighted by molar-refractivity contribution is 8.76. The normalized spacial score (nSPS) is 15.4. The van der Waals surface area contributed by atoms with Gasteiger partial charge in [-0.1, -0.05) is 119 Å². The van der Waals surface area contributed by atoms with Crippen LogP contribution >= 0.6 is 32.9 Å². The monoisotopic (exact) mass is 1670 g/mol. The summed E-state index contributed by atoms with van der Waals surface area (Å²) >= 11 is 1.31. The van der Waals surface area contributed by atoms with E-state index in [1.54, 1.807) is 36.6 Å². The van der Waals surface area contributed by atoms with E-state index in [9.17, 15) is 97.5 Å². The predicted molar refractivity (Wildman–Crippen MR) is 428 cm³/mol. The number of carboxylic acid groups (broad SMARTS) is 5. The third-order valence-electron chi connectivity index (χ3n) is 19.5. The molecule has 0 bridgehead atoms. The number of hydrogen-bond acceptors (Lipinski definition) is 23. The van der Waals surface area contributed by atoms with Gasteiger partial charge in [0.1, 0.15) is 43.4 Å². The number of urea groups is 2. The largest absolute Gasteiger partial charge is 0.508 e. The van der Waals surface area contributed by atoms with E-state index < -0.39 is 145 Å². The van der Waals surface area contributed by atoms with Crippen molar-refractivity contribution in [3.63, 3.8) is 0 Å². The van der Waals surface area contributed by atoms with E-state index in [-0.39, 0.29) is 142 Å². The predicted octanol–water partition coefficient (Wildman–Crippen LogP) is 6.50. The topological polar surface area (TPSA) is 511 Å². The fraction of sp³-hybridized carbons (Fsp3) is 0.615. The maximum absolute atomic E-state index is 14.9. The number of esters is 1. The fourth-order valence-corrected chi connectivity index (χ4v) is 15.6. The number of likely N-dealkylation sites (N-methyl/N-ethyl adjacent to an activating group) is 1. The summed E-state index contributed by atoms with van der Waals surface area (Å²) in [4.78, 5) is 201. The molecule has 1 aromatic heterocycles. The molecule has 2 unspecified atom stereocenters. The molecule has 638 valence electrons. The summed E-state index contributed by atoms with van der Waals surface area (Å²) in [5.74, 6) is -15.3. The van der Waals surface area contributed by atoms with E-state index in [0.717, 1.165) is 59.4 Å². The summed E-state index contributed by atoms with van der Waals surface area (Å²) in [6.45, 7) is 14.7. The SMILES string of the molecule is CCCOCN(C(=O)[C@@H](CC(=O)[C@H]1CCCCN1C)C(C)CC)[C@H](C[C@@H](C)c1nc(C(=O)N[C@@H](Cc2ccc(O)cc2)C[C@H](C)C(=O)NCC(=O)OCCSSCC(NC(=O)[C@H](CC(=O)O)CC(=O)[C@H](CC(=O)O)NC(=O)Cc2ccc(CNC(=O)NCCCC[C@H](NC(=O)NCCCC(=O)O)C(=O)O)cc2)C(=O)O)cs1)C(C)C. The van der Waals surface area contributed by atoms with Crippen molar-refractivity contribution in [2.45, 2.75) is 213 Å². The van der Waals surface area contributed by atoms with Gasteiger partial charge in [0.15, 0.2) is 11.6 Å². The number of phenolic OH excluding ortho intramolecular Hbond substituents is 1. The molecule has 0 saturated carbocycles. The third-order valence-corrected chi connectivity index (χ3v) is 22.9. The first-order chi connectivity index (χ1) is 54.6. The number of carboxylic acids is 5. The molecule has 37 heteroatoms. The molecule has 14 N–H and O–H groups in total. The highest BCUT2D eigenvalue weighted by Gasteiger charge is 2.39. The average molecular weight is 1670 g/mol. The first kappa shape index (κ1) is 97.9. The average Bonchev–Trinajstić information content (AvgIpc) is 1.67. The Bertz CT molecular complexity index is 3700. The van der Waals surface area contributed by atoms with E-state index in [1.807, 2.05) is 39.6 Å². The summed E-state index contributed by atoms with van der Waals surface area (Å²) in [6, 6.07) is 5.56. The van der Waals surface area contributed by atoms with Gasteiger partial charge in [0.2, 0.25) is 23.6 Å². The van der Waals surface area contributed by atoms with Gasteiger partial charge < -0.3 is 87.5 Å². The molecular formula is C78H115N11O23S3. The lowest BCUT2D eigenvalue weighted by atomic mass is 9.82. The van der Waals surface area contributed by atoms with E-state index in [1.165, 1.54) is 35.6 Å². The number of Topliss-reactive ketones (excluding diaryl/α,β-unsaturated/α-hetero) is 2. The molecule has 1 aliphatic heterocycles. The number of aromatic hydroxyl groups is 1. The van der Waals surface area contributed by atoms with Crippen LogP contribution in [0.25, 0.3) is 0 Å². The molecule has 3 aromatic rings. The summed E-state index contributed by atoms with van der Waals surface area (Å²) in [5.41, 5.74) is 1.89. The summed E-state index contributed by atoms with van der Waals surface area (Å²) in [7, 11) is 3.97. The second kappa shape index (κ2) is 52.2. The molecule has 2 heterocycles. The van der Waals surface area contributed by atoms with Gasteiger partial charge in [-0.25, -0.2) is 24.2 Å². The van der Waals surface area contributed by atoms with Gasteiger partial charge in [0, 0.05) is 92.2 Å². The number of hydrogen-bond donors (Lipinski definition) is 14. The van der Waals surface area contributed by atoms with Crippen molar-refractivity contribution in [3.8, 4) is 5.75 Å². The number of unbranched alkanes of at least 4 members (excludes halogenated alkanes) is 1. The lowest BCUT2D eigenvalue weighted by Gasteiger charge is -2.39. The first-order valence-corrected chi connectivity index (χ1v) is 42.2. The minimum Gasteiger partial charge on any atom is -0.508 e. The Labute approximate surface area is 681 Å². The first-order valence-electron chi connectivity index (χ1n) is 38.8. The molecular weight excluding hydrogens is 1560 g/mol.